The summed E-state index contributed by atoms with van der Waals surface area (Å²) in [4.78, 5) is 42.4. The number of hydrogen-bond donors (Lipinski definition) is 8. The molecular weight excluding hydrogens is 524 g/mol. The van der Waals surface area contributed by atoms with Gasteiger partial charge < -0.3 is 38.7 Å². The number of hydrogen-bond acceptors (Lipinski definition) is 6. The van der Waals surface area contributed by atoms with Crippen LogP contribution in [0.1, 0.15) is 35.4 Å². The van der Waals surface area contributed by atoms with Crippen LogP contribution in [0, 0.1) is 5.41 Å². The van der Waals surface area contributed by atoms with E-state index in [4.69, 9.17) is 28.3 Å². The first-order chi connectivity index (χ1) is 19.6. The lowest BCUT2D eigenvalue weighted by molar-refractivity contribution is -0.132. The van der Waals surface area contributed by atoms with Gasteiger partial charge in [-0.2, -0.15) is 0 Å². The van der Waals surface area contributed by atoms with Crippen molar-refractivity contribution in [1.29, 1.82) is 5.41 Å². The van der Waals surface area contributed by atoms with E-state index in [1.165, 1.54) is 0 Å². The minimum atomic E-state index is -1.33. The molecule has 12 heteroatoms. The summed E-state index contributed by atoms with van der Waals surface area (Å²) in [6, 6.07) is 18.0. The fourth-order valence-corrected chi connectivity index (χ4v) is 4.37. The molecule has 12 N–H and O–H groups in total. The summed E-state index contributed by atoms with van der Waals surface area (Å²) >= 11 is 0. The molecule has 0 fully saturated rings. The molecular formula is C29H36N8O4. The summed E-state index contributed by atoms with van der Waals surface area (Å²) in [6.45, 7) is -0.461. The Kier molecular flexibility index (Phi) is 10.8. The Morgan fingerprint density at radius 3 is 2.12 bits per heavy atom. The SMILES string of the molecule is N=C(N)c1ccc(CC(C(=O)N[C@@H](CO)C(=O)N[C@@H](CCCN=C(N)N)C(N)=O)c2ccc3ccccc3c2)cc1. The number of aliphatic hydroxyl groups is 1. The Labute approximate surface area is 237 Å². The first kappa shape index (κ1) is 30.6. The van der Waals surface area contributed by atoms with Gasteiger partial charge >= 0.3 is 0 Å². The molecule has 0 radical (unpaired) electrons. The number of guanidine groups is 1. The van der Waals surface area contributed by atoms with Crippen LogP contribution < -0.4 is 33.6 Å². The molecule has 1 unspecified atom stereocenters. The number of rotatable bonds is 14. The molecule has 3 rings (SSSR count). The maximum atomic E-state index is 13.6. The largest absolute Gasteiger partial charge is 0.394 e. The van der Waals surface area contributed by atoms with E-state index in [2.05, 4.69) is 15.6 Å². The molecule has 41 heavy (non-hydrogen) atoms. The van der Waals surface area contributed by atoms with Crippen LogP contribution in [0.3, 0.4) is 0 Å². The van der Waals surface area contributed by atoms with Gasteiger partial charge in [-0.25, -0.2) is 0 Å². The number of nitrogens with zero attached hydrogens (tertiary/aromatic N) is 1. The van der Waals surface area contributed by atoms with Gasteiger partial charge in [0.25, 0.3) is 0 Å². The lowest BCUT2D eigenvalue weighted by Crippen LogP contribution is -2.55. The van der Waals surface area contributed by atoms with E-state index in [0.717, 1.165) is 16.3 Å². The minimum absolute atomic E-state index is 0.0670. The highest BCUT2D eigenvalue weighted by molar-refractivity contribution is 5.95. The minimum Gasteiger partial charge on any atom is -0.394 e. The summed E-state index contributed by atoms with van der Waals surface area (Å²) < 4.78 is 0. The van der Waals surface area contributed by atoms with Crippen molar-refractivity contribution >= 4 is 40.3 Å². The Hall–Kier alpha value is -4.97. The average molecular weight is 561 g/mol. The maximum absolute atomic E-state index is 13.6. The lowest BCUT2D eigenvalue weighted by atomic mass is 9.89. The molecule has 0 spiro atoms. The first-order valence-electron chi connectivity index (χ1n) is 13.1. The summed E-state index contributed by atoms with van der Waals surface area (Å²) in [6.07, 6.45) is 0.811. The third-order valence-corrected chi connectivity index (χ3v) is 6.62. The Morgan fingerprint density at radius 1 is 0.854 bits per heavy atom. The second-order valence-corrected chi connectivity index (χ2v) is 9.63. The van der Waals surface area contributed by atoms with E-state index >= 15 is 0 Å². The molecule has 0 aliphatic heterocycles. The van der Waals surface area contributed by atoms with E-state index in [9.17, 15) is 19.5 Å². The van der Waals surface area contributed by atoms with Gasteiger partial charge in [-0.05, 0) is 41.2 Å². The zero-order valence-electron chi connectivity index (χ0n) is 22.5. The number of nitrogens with one attached hydrogen (secondary N) is 3. The molecule has 3 amide bonds. The van der Waals surface area contributed by atoms with Crippen LogP contribution >= 0.6 is 0 Å². The third kappa shape index (κ3) is 8.77. The predicted octanol–water partition coefficient (Wildman–Crippen LogP) is -0.0490. The van der Waals surface area contributed by atoms with Gasteiger partial charge in [0.05, 0.1) is 12.5 Å². The van der Waals surface area contributed by atoms with Gasteiger partial charge in [0.15, 0.2) is 5.96 Å². The van der Waals surface area contributed by atoms with Crippen LogP contribution in [-0.2, 0) is 20.8 Å². The van der Waals surface area contributed by atoms with E-state index in [-0.39, 0.29) is 31.2 Å². The molecule has 0 aliphatic carbocycles. The number of carbonyl (C=O) groups excluding carboxylic acids is 3. The topological polar surface area (TPSA) is 236 Å². The maximum Gasteiger partial charge on any atom is 0.245 e. The molecule has 0 saturated carbocycles. The van der Waals surface area contributed by atoms with E-state index < -0.39 is 42.3 Å². The van der Waals surface area contributed by atoms with Crippen molar-refractivity contribution in [3.63, 3.8) is 0 Å². The second-order valence-electron chi connectivity index (χ2n) is 9.63. The number of aliphatic imine (C=N–C) groups is 1. The van der Waals surface area contributed by atoms with Crippen molar-refractivity contribution in [2.75, 3.05) is 13.2 Å². The number of aliphatic hydroxyl groups excluding tert-OH is 1. The van der Waals surface area contributed by atoms with Gasteiger partial charge in [-0.1, -0.05) is 66.7 Å². The Morgan fingerprint density at radius 2 is 1.51 bits per heavy atom. The van der Waals surface area contributed by atoms with E-state index in [1.54, 1.807) is 24.3 Å². The molecule has 3 aromatic carbocycles. The van der Waals surface area contributed by atoms with Crippen molar-refractivity contribution < 1.29 is 19.5 Å². The van der Waals surface area contributed by atoms with Crippen LogP contribution in [0.4, 0.5) is 0 Å². The van der Waals surface area contributed by atoms with Gasteiger partial charge in [0.2, 0.25) is 17.7 Å². The predicted molar refractivity (Wildman–Crippen MR) is 158 cm³/mol. The van der Waals surface area contributed by atoms with Gasteiger partial charge in [0, 0.05) is 12.1 Å². The highest BCUT2D eigenvalue weighted by Gasteiger charge is 2.29. The molecule has 0 aromatic heterocycles. The normalized spacial score (nSPS) is 13.0. The fourth-order valence-electron chi connectivity index (χ4n) is 4.37. The number of primary amides is 1. The van der Waals surface area contributed by atoms with Crippen LogP contribution in [0.5, 0.6) is 0 Å². The zero-order chi connectivity index (χ0) is 29.9. The Balaban J connectivity index is 1.81. The number of amidine groups is 1. The van der Waals surface area contributed by atoms with Gasteiger partial charge in [-0.3, -0.25) is 24.8 Å². The summed E-state index contributed by atoms with van der Waals surface area (Å²) in [5.74, 6) is -2.90. The number of amides is 3. The van der Waals surface area contributed by atoms with Crippen molar-refractivity contribution in [3.8, 4) is 0 Å². The molecule has 3 atom stereocenters. The number of nitrogen functional groups attached to an aromatic ring is 1. The molecule has 0 saturated heterocycles. The van der Waals surface area contributed by atoms with E-state index in [0.29, 0.717) is 17.5 Å². The number of carbonyl (C=O) groups is 3. The van der Waals surface area contributed by atoms with Crippen molar-refractivity contribution in [3.05, 3.63) is 83.4 Å². The highest BCUT2D eigenvalue weighted by Crippen LogP contribution is 2.26. The van der Waals surface area contributed by atoms with Crippen LogP contribution in [0.25, 0.3) is 10.8 Å². The molecule has 216 valence electrons. The summed E-state index contributed by atoms with van der Waals surface area (Å²) in [5, 5.41) is 24.7. The molecule has 0 bridgehead atoms. The van der Waals surface area contributed by atoms with Crippen molar-refractivity contribution in [2.45, 2.75) is 37.3 Å². The smallest absolute Gasteiger partial charge is 0.245 e. The Bertz CT molecular complexity index is 1420. The second kappa shape index (κ2) is 14.4. The number of benzene rings is 3. The summed E-state index contributed by atoms with van der Waals surface area (Å²) in [5.41, 5.74) is 23.7. The molecule has 12 nitrogen and oxygen atoms in total. The van der Waals surface area contributed by atoms with Crippen LogP contribution in [0.2, 0.25) is 0 Å². The highest BCUT2D eigenvalue weighted by atomic mass is 16.3. The lowest BCUT2D eigenvalue weighted by Gasteiger charge is -2.24. The van der Waals surface area contributed by atoms with Gasteiger partial charge in [-0.15, -0.1) is 0 Å². The van der Waals surface area contributed by atoms with Crippen molar-refractivity contribution in [2.24, 2.45) is 27.9 Å². The fraction of sp³-hybridized carbons (Fsp3) is 0.276. The molecule has 0 aliphatic rings. The van der Waals surface area contributed by atoms with Crippen molar-refractivity contribution in [1.82, 2.24) is 10.6 Å². The number of fused-ring (bicyclic) bond motifs is 1. The van der Waals surface area contributed by atoms with Crippen LogP contribution in [-0.4, -0.2) is 59.9 Å². The van der Waals surface area contributed by atoms with Gasteiger partial charge in [0.1, 0.15) is 17.9 Å². The molecule has 3 aromatic rings. The monoisotopic (exact) mass is 560 g/mol. The third-order valence-electron chi connectivity index (χ3n) is 6.62. The zero-order valence-corrected chi connectivity index (χ0v) is 22.5. The molecule has 0 heterocycles. The summed E-state index contributed by atoms with van der Waals surface area (Å²) in [7, 11) is 0. The first-order valence-corrected chi connectivity index (χ1v) is 13.1. The van der Waals surface area contributed by atoms with E-state index in [1.807, 2.05) is 42.5 Å². The number of nitrogens with two attached hydrogens (primary N) is 4. The quantitative estimate of drug-likeness (QED) is 0.0759. The average Bonchev–Trinajstić information content (AvgIpc) is 2.95. The van der Waals surface area contributed by atoms with Crippen LogP contribution in [0.15, 0.2) is 71.7 Å². The standard InChI is InChI=1S/C29H36N8O4/c30-25(31)19-9-7-17(8-10-19)14-22(21-12-11-18-4-1-2-5-20(18)15-21)27(40)37-24(16-38)28(41)36-23(26(32)39)6-3-13-35-29(33)34/h1-2,4-5,7-12,15,22-24,38H,3,6,13-14,16H2,(H3,30,31)(H2,32,39)(H,36,41)(H,37,40)(H4,33,34,35)/t22?,23-,24-/m0/s1.